The van der Waals surface area contributed by atoms with Gasteiger partial charge in [-0.1, -0.05) is 0 Å². The third-order valence-corrected chi connectivity index (χ3v) is 2.07. The number of hydrogen-bond donors (Lipinski definition) is 0. The highest BCUT2D eigenvalue weighted by atomic mass is 15.1. The standard InChI is InChI=1S/C9H11N3/c1-3-12-6-7(2)9-8(12)4-5-10-11-9/h4-6H,3H2,1-2H3. The molecule has 0 aliphatic heterocycles. The Morgan fingerprint density at radius 3 is 3.08 bits per heavy atom. The molecule has 0 bridgehead atoms. The molecule has 0 unspecified atom stereocenters. The van der Waals surface area contributed by atoms with Crippen molar-refractivity contribution in [1.29, 1.82) is 0 Å². The molecule has 62 valence electrons. The van der Waals surface area contributed by atoms with Gasteiger partial charge in [-0.2, -0.15) is 5.10 Å². The van der Waals surface area contributed by atoms with Gasteiger partial charge in [0.05, 0.1) is 11.7 Å². The maximum absolute atomic E-state index is 4.08. The molecule has 0 radical (unpaired) electrons. The van der Waals surface area contributed by atoms with Gasteiger partial charge in [-0.15, -0.1) is 5.10 Å². The van der Waals surface area contributed by atoms with Crippen LogP contribution in [0.1, 0.15) is 12.5 Å². The molecule has 3 heteroatoms. The van der Waals surface area contributed by atoms with Crippen LogP contribution in [0, 0.1) is 6.92 Å². The molecule has 0 aromatic carbocycles. The van der Waals surface area contributed by atoms with Crippen LogP contribution in [0.2, 0.25) is 0 Å². The van der Waals surface area contributed by atoms with Crippen LogP contribution < -0.4 is 0 Å². The molecule has 2 rings (SSSR count). The Hall–Kier alpha value is -1.38. The van der Waals surface area contributed by atoms with E-state index in [1.807, 2.05) is 6.07 Å². The first kappa shape index (κ1) is 7.28. The summed E-state index contributed by atoms with van der Waals surface area (Å²) in [5.41, 5.74) is 3.38. The SMILES string of the molecule is CCn1cc(C)c2nnccc21. The number of fused-ring (bicyclic) bond motifs is 1. The Morgan fingerprint density at radius 2 is 2.33 bits per heavy atom. The van der Waals surface area contributed by atoms with Crippen LogP contribution in [-0.2, 0) is 6.54 Å². The van der Waals surface area contributed by atoms with Crippen LogP contribution in [0.25, 0.3) is 11.0 Å². The van der Waals surface area contributed by atoms with Crippen molar-refractivity contribution >= 4 is 11.0 Å². The molecule has 12 heavy (non-hydrogen) atoms. The maximum Gasteiger partial charge on any atom is 0.114 e. The zero-order valence-electron chi connectivity index (χ0n) is 7.28. The van der Waals surface area contributed by atoms with Crippen molar-refractivity contribution in [2.45, 2.75) is 20.4 Å². The first-order valence-corrected chi connectivity index (χ1v) is 4.10. The zero-order valence-corrected chi connectivity index (χ0v) is 7.28. The molecule has 2 aromatic rings. The minimum Gasteiger partial charge on any atom is -0.346 e. The fraction of sp³-hybridized carbons (Fsp3) is 0.333. The van der Waals surface area contributed by atoms with Crippen LogP contribution in [0.15, 0.2) is 18.5 Å². The van der Waals surface area contributed by atoms with Gasteiger partial charge in [-0.25, -0.2) is 0 Å². The minimum absolute atomic E-state index is 0.982. The first-order chi connectivity index (χ1) is 5.83. The van der Waals surface area contributed by atoms with Gasteiger partial charge in [0, 0.05) is 12.7 Å². The van der Waals surface area contributed by atoms with Crippen LogP contribution in [0.3, 0.4) is 0 Å². The van der Waals surface area contributed by atoms with Crippen LogP contribution in [-0.4, -0.2) is 14.8 Å². The van der Waals surface area contributed by atoms with Crippen molar-refractivity contribution in [3.05, 3.63) is 24.0 Å². The van der Waals surface area contributed by atoms with Crippen LogP contribution in [0.5, 0.6) is 0 Å². The summed E-state index contributed by atoms with van der Waals surface area (Å²) >= 11 is 0. The van der Waals surface area contributed by atoms with Crippen LogP contribution >= 0.6 is 0 Å². The summed E-state index contributed by atoms with van der Waals surface area (Å²) in [6.07, 6.45) is 3.84. The summed E-state index contributed by atoms with van der Waals surface area (Å²) < 4.78 is 2.18. The lowest BCUT2D eigenvalue weighted by atomic mass is 10.3. The highest BCUT2D eigenvalue weighted by Crippen LogP contribution is 2.16. The highest BCUT2D eigenvalue weighted by Gasteiger charge is 2.03. The largest absolute Gasteiger partial charge is 0.346 e. The normalized spacial score (nSPS) is 10.8. The third-order valence-electron chi connectivity index (χ3n) is 2.07. The lowest BCUT2D eigenvalue weighted by molar-refractivity contribution is 0.794. The fourth-order valence-electron chi connectivity index (χ4n) is 1.46. The van der Waals surface area contributed by atoms with E-state index in [-0.39, 0.29) is 0 Å². The lowest BCUT2D eigenvalue weighted by Gasteiger charge is -1.96. The van der Waals surface area contributed by atoms with Gasteiger partial charge in [-0.05, 0) is 25.5 Å². The molecule has 3 nitrogen and oxygen atoms in total. The quantitative estimate of drug-likeness (QED) is 0.638. The van der Waals surface area contributed by atoms with E-state index in [0.29, 0.717) is 0 Å². The molecule has 0 N–H and O–H groups in total. The Bertz CT molecular complexity index is 403. The Labute approximate surface area is 71.0 Å². The van der Waals surface area contributed by atoms with E-state index in [1.54, 1.807) is 6.20 Å². The monoisotopic (exact) mass is 161 g/mol. The molecule has 0 aliphatic rings. The van der Waals surface area contributed by atoms with Crippen molar-refractivity contribution in [3.8, 4) is 0 Å². The number of aromatic nitrogens is 3. The second-order valence-electron chi connectivity index (χ2n) is 2.86. The molecular weight excluding hydrogens is 150 g/mol. The Kier molecular flexibility index (Phi) is 1.57. The number of aryl methyl sites for hydroxylation is 2. The van der Waals surface area contributed by atoms with Gasteiger partial charge in [0.1, 0.15) is 5.52 Å². The summed E-state index contributed by atoms with van der Waals surface area (Å²) in [6, 6.07) is 2.00. The zero-order chi connectivity index (χ0) is 8.55. The van der Waals surface area contributed by atoms with Gasteiger partial charge in [-0.3, -0.25) is 0 Å². The minimum atomic E-state index is 0.982. The second-order valence-corrected chi connectivity index (χ2v) is 2.86. The van der Waals surface area contributed by atoms with E-state index in [4.69, 9.17) is 0 Å². The predicted octanol–water partition coefficient (Wildman–Crippen LogP) is 1.76. The van der Waals surface area contributed by atoms with Gasteiger partial charge < -0.3 is 4.57 Å². The summed E-state index contributed by atoms with van der Waals surface area (Å²) in [4.78, 5) is 0. The first-order valence-electron chi connectivity index (χ1n) is 4.10. The Morgan fingerprint density at radius 1 is 1.50 bits per heavy atom. The molecule has 2 aromatic heterocycles. The van der Waals surface area contributed by atoms with E-state index in [9.17, 15) is 0 Å². The molecule has 0 saturated carbocycles. The van der Waals surface area contributed by atoms with Crippen molar-refractivity contribution in [2.75, 3.05) is 0 Å². The highest BCUT2D eigenvalue weighted by molar-refractivity contribution is 5.78. The van der Waals surface area contributed by atoms with Crippen molar-refractivity contribution in [3.63, 3.8) is 0 Å². The van der Waals surface area contributed by atoms with Crippen molar-refractivity contribution in [1.82, 2.24) is 14.8 Å². The van der Waals surface area contributed by atoms with E-state index in [0.717, 1.165) is 12.1 Å². The van der Waals surface area contributed by atoms with Crippen LogP contribution in [0.4, 0.5) is 0 Å². The van der Waals surface area contributed by atoms with Crippen molar-refractivity contribution < 1.29 is 0 Å². The molecule has 0 aliphatic carbocycles. The smallest absolute Gasteiger partial charge is 0.114 e. The molecule has 0 saturated heterocycles. The van der Waals surface area contributed by atoms with Gasteiger partial charge >= 0.3 is 0 Å². The summed E-state index contributed by atoms with van der Waals surface area (Å²) in [7, 11) is 0. The van der Waals surface area contributed by atoms with E-state index < -0.39 is 0 Å². The summed E-state index contributed by atoms with van der Waals surface area (Å²) in [5, 5.41) is 7.94. The van der Waals surface area contributed by atoms with E-state index >= 15 is 0 Å². The summed E-state index contributed by atoms with van der Waals surface area (Å²) in [6.45, 7) is 5.17. The predicted molar refractivity (Wildman–Crippen MR) is 47.9 cm³/mol. The van der Waals surface area contributed by atoms with E-state index in [1.165, 1.54) is 11.1 Å². The average Bonchev–Trinajstić information content (AvgIpc) is 2.44. The number of hydrogen-bond acceptors (Lipinski definition) is 2. The van der Waals surface area contributed by atoms with E-state index in [2.05, 4.69) is 34.8 Å². The van der Waals surface area contributed by atoms with Crippen molar-refractivity contribution in [2.24, 2.45) is 0 Å². The molecule has 0 amide bonds. The Balaban J connectivity index is 2.82. The third kappa shape index (κ3) is 0.897. The summed E-state index contributed by atoms with van der Waals surface area (Å²) in [5.74, 6) is 0. The molecule has 0 atom stereocenters. The van der Waals surface area contributed by atoms with Gasteiger partial charge in [0.15, 0.2) is 0 Å². The molecule has 2 heterocycles. The number of nitrogens with zero attached hydrogens (tertiary/aromatic N) is 3. The average molecular weight is 161 g/mol. The lowest BCUT2D eigenvalue weighted by Crippen LogP contribution is -1.90. The van der Waals surface area contributed by atoms with Gasteiger partial charge in [0.2, 0.25) is 0 Å². The van der Waals surface area contributed by atoms with Gasteiger partial charge in [0.25, 0.3) is 0 Å². The molecule has 0 spiro atoms. The molecular formula is C9H11N3. The topological polar surface area (TPSA) is 30.7 Å². The number of rotatable bonds is 1. The second kappa shape index (κ2) is 2.59. The molecule has 0 fully saturated rings. The fourth-order valence-corrected chi connectivity index (χ4v) is 1.46. The maximum atomic E-state index is 4.08.